The van der Waals surface area contributed by atoms with Gasteiger partial charge in [-0.1, -0.05) is 48.0 Å². The highest BCUT2D eigenvalue weighted by atomic mass is 16.5. The molecule has 1 saturated carbocycles. The molecule has 2 nitrogen and oxygen atoms in total. The Morgan fingerprint density at radius 2 is 1.69 bits per heavy atom. The Hall–Kier alpha value is -1.80. The van der Waals surface area contributed by atoms with Crippen molar-refractivity contribution >= 4 is 0 Å². The number of aryl methyl sites for hydroxylation is 1. The fourth-order valence-corrected chi connectivity index (χ4v) is 4.42. The van der Waals surface area contributed by atoms with Crippen molar-refractivity contribution < 1.29 is 4.74 Å². The molecule has 4 rings (SSSR count). The topological polar surface area (TPSA) is 12.5 Å². The number of piperidine rings is 1. The zero-order chi connectivity index (χ0) is 17.8. The zero-order valence-corrected chi connectivity index (χ0v) is 15.9. The van der Waals surface area contributed by atoms with E-state index in [9.17, 15) is 0 Å². The van der Waals surface area contributed by atoms with Gasteiger partial charge in [0.05, 0.1) is 0 Å². The van der Waals surface area contributed by atoms with Gasteiger partial charge in [0, 0.05) is 6.54 Å². The zero-order valence-electron chi connectivity index (χ0n) is 15.9. The van der Waals surface area contributed by atoms with Gasteiger partial charge in [-0.2, -0.15) is 0 Å². The van der Waals surface area contributed by atoms with Crippen LogP contribution < -0.4 is 4.74 Å². The van der Waals surface area contributed by atoms with E-state index in [2.05, 4.69) is 66.4 Å². The number of hydrogen-bond acceptors (Lipinski definition) is 2. The van der Waals surface area contributed by atoms with Crippen LogP contribution >= 0.6 is 0 Å². The molecule has 1 saturated heterocycles. The van der Waals surface area contributed by atoms with Gasteiger partial charge in [0.2, 0.25) is 0 Å². The van der Waals surface area contributed by atoms with Crippen LogP contribution in [0.1, 0.15) is 42.7 Å². The van der Waals surface area contributed by atoms with Crippen LogP contribution in [-0.2, 0) is 0 Å². The average molecular weight is 350 g/mol. The molecule has 2 fully saturated rings. The molecule has 0 radical (unpaired) electrons. The second-order valence-corrected chi connectivity index (χ2v) is 8.20. The summed E-state index contributed by atoms with van der Waals surface area (Å²) in [5, 5.41) is 0. The molecule has 26 heavy (non-hydrogen) atoms. The third-order valence-electron chi connectivity index (χ3n) is 6.19. The molecule has 0 N–H and O–H groups in total. The molecule has 0 aromatic heterocycles. The van der Waals surface area contributed by atoms with Crippen molar-refractivity contribution in [3.05, 3.63) is 65.7 Å². The summed E-state index contributed by atoms with van der Waals surface area (Å²) in [6.07, 6.45) is 5.58. The maximum absolute atomic E-state index is 5.89. The summed E-state index contributed by atoms with van der Waals surface area (Å²) in [5.41, 5.74) is 2.84. The standard InChI is InChI=1S/C24H31NO/c1-19-7-9-23(10-8-19)26-16-15-25-13-11-20(12-14-25)17-22-18-24(22)21-5-3-2-4-6-21/h2-10,20,22,24H,11-18H2,1H3/t22-,24+/m1/s1. The highest BCUT2D eigenvalue weighted by Crippen LogP contribution is 2.51. The highest BCUT2D eigenvalue weighted by Gasteiger charge is 2.39. The lowest BCUT2D eigenvalue weighted by Gasteiger charge is -2.32. The van der Waals surface area contributed by atoms with E-state index in [1.165, 1.54) is 44.3 Å². The molecule has 1 heterocycles. The predicted molar refractivity (Wildman–Crippen MR) is 108 cm³/mol. The van der Waals surface area contributed by atoms with Crippen molar-refractivity contribution in [2.75, 3.05) is 26.2 Å². The number of nitrogens with zero attached hydrogens (tertiary/aromatic N) is 1. The molecule has 0 unspecified atom stereocenters. The molecule has 2 aromatic rings. The Balaban J connectivity index is 1.13. The van der Waals surface area contributed by atoms with Crippen molar-refractivity contribution in [2.45, 2.75) is 38.5 Å². The second-order valence-electron chi connectivity index (χ2n) is 8.20. The lowest BCUT2D eigenvalue weighted by Crippen LogP contribution is -2.36. The van der Waals surface area contributed by atoms with Crippen LogP contribution in [-0.4, -0.2) is 31.1 Å². The number of rotatable bonds is 7. The van der Waals surface area contributed by atoms with Crippen molar-refractivity contribution in [2.24, 2.45) is 11.8 Å². The predicted octanol–water partition coefficient (Wildman–Crippen LogP) is 5.28. The summed E-state index contributed by atoms with van der Waals surface area (Å²) >= 11 is 0. The Labute approximate surface area is 158 Å². The number of hydrogen-bond donors (Lipinski definition) is 0. The summed E-state index contributed by atoms with van der Waals surface area (Å²) in [7, 11) is 0. The lowest BCUT2D eigenvalue weighted by molar-refractivity contribution is 0.149. The molecule has 0 spiro atoms. The summed E-state index contributed by atoms with van der Waals surface area (Å²) in [5.74, 6) is 3.71. The molecule has 2 aromatic carbocycles. The Morgan fingerprint density at radius 3 is 2.42 bits per heavy atom. The first-order valence-electron chi connectivity index (χ1n) is 10.2. The van der Waals surface area contributed by atoms with Gasteiger partial charge in [-0.05, 0) is 81.1 Å². The Bertz CT molecular complexity index is 673. The molecular formula is C24H31NO. The van der Waals surface area contributed by atoms with Crippen molar-refractivity contribution in [3.63, 3.8) is 0 Å². The van der Waals surface area contributed by atoms with Crippen LogP contribution in [0.25, 0.3) is 0 Å². The minimum Gasteiger partial charge on any atom is -0.492 e. The van der Waals surface area contributed by atoms with Gasteiger partial charge >= 0.3 is 0 Å². The molecule has 0 bridgehead atoms. The van der Waals surface area contributed by atoms with Crippen LogP contribution in [0.3, 0.4) is 0 Å². The van der Waals surface area contributed by atoms with Crippen LogP contribution in [0.4, 0.5) is 0 Å². The van der Waals surface area contributed by atoms with Crippen LogP contribution in [0, 0.1) is 18.8 Å². The largest absolute Gasteiger partial charge is 0.492 e. The van der Waals surface area contributed by atoms with Crippen molar-refractivity contribution in [1.29, 1.82) is 0 Å². The fourth-order valence-electron chi connectivity index (χ4n) is 4.42. The molecule has 1 aliphatic carbocycles. The number of likely N-dealkylation sites (tertiary alicyclic amines) is 1. The van der Waals surface area contributed by atoms with E-state index in [4.69, 9.17) is 4.74 Å². The van der Waals surface area contributed by atoms with Gasteiger partial charge in [0.25, 0.3) is 0 Å². The maximum atomic E-state index is 5.89. The second kappa shape index (κ2) is 8.26. The molecule has 2 aliphatic rings. The molecule has 0 amide bonds. The third kappa shape index (κ3) is 4.67. The van der Waals surface area contributed by atoms with E-state index in [0.717, 1.165) is 36.7 Å². The molecule has 2 atom stereocenters. The van der Waals surface area contributed by atoms with Crippen LogP contribution in [0.5, 0.6) is 5.75 Å². The fraction of sp³-hybridized carbons (Fsp3) is 0.500. The summed E-state index contributed by atoms with van der Waals surface area (Å²) in [6.45, 7) is 6.44. The van der Waals surface area contributed by atoms with Crippen molar-refractivity contribution in [3.8, 4) is 5.75 Å². The van der Waals surface area contributed by atoms with Gasteiger partial charge in [0.1, 0.15) is 12.4 Å². The van der Waals surface area contributed by atoms with Gasteiger partial charge in [-0.15, -0.1) is 0 Å². The average Bonchev–Trinajstić information content (AvgIpc) is 3.45. The number of ether oxygens (including phenoxy) is 1. The van der Waals surface area contributed by atoms with Crippen LogP contribution in [0.2, 0.25) is 0 Å². The van der Waals surface area contributed by atoms with Gasteiger partial charge in [-0.3, -0.25) is 4.90 Å². The van der Waals surface area contributed by atoms with E-state index in [0.29, 0.717) is 0 Å². The van der Waals surface area contributed by atoms with E-state index >= 15 is 0 Å². The highest BCUT2D eigenvalue weighted by molar-refractivity contribution is 5.26. The molecular weight excluding hydrogens is 318 g/mol. The minimum atomic E-state index is 0.798. The minimum absolute atomic E-state index is 0.798. The summed E-state index contributed by atoms with van der Waals surface area (Å²) < 4.78 is 5.89. The SMILES string of the molecule is Cc1ccc(OCCN2CCC(C[C@@H]3C[C@H]3c3ccccc3)CC2)cc1. The van der Waals surface area contributed by atoms with E-state index < -0.39 is 0 Å². The van der Waals surface area contributed by atoms with E-state index in [-0.39, 0.29) is 0 Å². The normalized spacial score (nSPS) is 23.7. The van der Waals surface area contributed by atoms with E-state index in [1.807, 2.05) is 0 Å². The lowest BCUT2D eigenvalue weighted by atomic mass is 9.90. The van der Waals surface area contributed by atoms with Crippen LogP contribution in [0.15, 0.2) is 54.6 Å². The maximum Gasteiger partial charge on any atom is 0.119 e. The molecule has 2 heteroatoms. The van der Waals surface area contributed by atoms with Crippen molar-refractivity contribution in [1.82, 2.24) is 4.90 Å². The first-order chi connectivity index (χ1) is 12.8. The Kier molecular flexibility index (Phi) is 5.59. The Morgan fingerprint density at radius 1 is 0.962 bits per heavy atom. The van der Waals surface area contributed by atoms with E-state index in [1.54, 1.807) is 5.56 Å². The van der Waals surface area contributed by atoms with Gasteiger partial charge < -0.3 is 4.74 Å². The smallest absolute Gasteiger partial charge is 0.119 e. The first kappa shape index (κ1) is 17.6. The monoisotopic (exact) mass is 349 g/mol. The molecule has 1 aliphatic heterocycles. The first-order valence-corrected chi connectivity index (χ1v) is 10.2. The van der Waals surface area contributed by atoms with Gasteiger partial charge in [0.15, 0.2) is 0 Å². The quantitative estimate of drug-likeness (QED) is 0.674. The van der Waals surface area contributed by atoms with Gasteiger partial charge in [-0.25, -0.2) is 0 Å². The molecule has 138 valence electrons. The third-order valence-corrected chi connectivity index (χ3v) is 6.19. The summed E-state index contributed by atoms with van der Waals surface area (Å²) in [6, 6.07) is 19.5. The number of benzene rings is 2. The summed E-state index contributed by atoms with van der Waals surface area (Å²) in [4.78, 5) is 2.58.